The second-order valence-electron chi connectivity index (χ2n) is 5.48. The van der Waals surface area contributed by atoms with Crippen molar-refractivity contribution in [3.63, 3.8) is 0 Å². The minimum absolute atomic E-state index is 0.0660. The molecule has 1 aromatic rings. The molecular formula is C13H20F3N3O. The highest BCUT2D eigenvalue weighted by Gasteiger charge is 2.42. The van der Waals surface area contributed by atoms with E-state index < -0.39 is 12.1 Å². The van der Waals surface area contributed by atoms with E-state index in [0.29, 0.717) is 24.6 Å². The van der Waals surface area contributed by atoms with Crippen LogP contribution < -0.4 is 5.73 Å². The van der Waals surface area contributed by atoms with Gasteiger partial charge in [0.25, 0.3) is 0 Å². The number of hydrogen-bond donors (Lipinski definition) is 1. The Hall–Kier alpha value is -1.11. The van der Waals surface area contributed by atoms with Gasteiger partial charge < -0.3 is 10.3 Å². The number of nitrogens with zero attached hydrogens (tertiary/aromatic N) is 2. The van der Waals surface area contributed by atoms with Crippen molar-refractivity contribution in [3.05, 3.63) is 11.7 Å². The molecule has 1 heterocycles. The van der Waals surface area contributed by atoms with Gasteiger partial charge >= 0.3 is 6.18 Å². The third-order valence-electron chi connectivity index (χ3n) is 3.93. The molecule has 0 saturated heterocycles. The van der Waals surface area contributed by atoms with Crippen molar-refractivity contribution in [2.45, 2.75) is 63.6 Å². The van der Waals surface area contributed by atoms with Gasteiger partial charge in [-0.3, -0.25) is 0 Å². The summed E-state index contributed by atoms with van der Waals surface area (Å²) in [6.07, 6.45) is -1.26. The Bertz CT molecular complexity index is 425. The van der Waals surface area contributed by atoms with E-state index in [0.717, 1.165) is 12.8 Å². The Labute approximate surface area is 115 Å². The lowest BCUT2D eigenvalue weighted by atomic mass is 9.81. The summed E-state index contributed by atoms with van der Waals surface area (Å²) in [4.78, 5) is 4.26. The lowest BCUT2D eigenvalue weighted by molar-refractivity contribution is -0.182. The van der Waals surface area contributed by atoms with Crippen LogP contribution >= 0.6 is 0 Å². The Balaban J connectivity index is 1.94. The van der Waals surface area contributed by atoms with Gasteiger partial charge in [0.2, 0.25) is 5.89 Å². The molecule has 0 aromatic carbocycles. The number of rotatable bonds is 4. The molecule has 1 atom stereocenters. The van der Waals surface area contributed by atoms with Crippen LogP contribution in [0.3, 0.4) is 0 Å². The van der Waals surface area contributed by atoms with Gasteiger partial charge in [-0.15, -0.1) is 0 Å². The van der Waals surface area contributed by atoms with Crippen molar-refractivity contribution in [1.29, 1.82) is 0 Å². The molecule has 1 saturated carbocycles. The van der Waals surface area contributed by atoms with Gasteiger partial charge in [0.15, 0.2) is 5.82 Å². The van der Waals surface area contributed by atoms with Crippen LogP contribution in [-0.2, 0) is 0 Å². The van der Waals surface area contributed by atoms with Crippen molar-refractivity contribution >= 4 is 0 Å². The van der Waals surface area contributed by atoms with Gasteiger partial charge in [-0.1, -0.05) is 18.5 Å². The van der Waals surface area contributed by atoms with Gasteiger partial charge in [0, 0.05) is 5.92 Å². The normalized spacial score (nSPS) is 25.6. The number of halogens is 3. The first-order valence-electron chi connectivity index (χ1n) is 7.07. The topological polar surface area (TPSA) is 64.9 Å². The van der Waals surface area contributed by atoms with Crippen LogP contribution in [0.25, 0.3) is 0 Å². The molecule has 1 unspecified atom stereocenters. The average Bonchev–Trinajstić information content (AvgIpc) is 2.88. The van der Waals surface area contributed by atoms with Crippen molar-refractivity contribution < 1.29 is 17.7 Å². The molecule has 0 aliphatic heterocycles. The Morgan fingerprint density at radius 2 is 1.95 bits per heavy atom. The maximum Gasteiger partial charge on any atom is 0.391 e. The second-order valence-corrected chi connectivity index (χ2v) is 5.48. The minimum Gasteiger partial charge on any atom is -0.339 e. The Kier molecular flexibility index (Phi) is 4.67. The molecule has 0 spiro atoms. The average molecular weight is 291 g/mol. The van der Waals surface area contributed by atoms with Crippen LogP contribution in [0.5, 0.6) is 0 Å². The molecular weight excluding hydrogens is 271 g/mol. The molecule has 0 bridgehead atoms. The van der Waals surface area contributed by atoms with Gasteiger partial charge in [-0.2, -0.15) is 18.2 Å². The largest absolute Gasteiger partial charge is 0.391 e. The van der Waals surface area contributed by atoms with E-state index in [1.807, 2.05) is 6.92 Å². The summed E-state index contributed by atoms with van der Waals surface area (Å²) in [5, 5.41) is 3.84. The van der Waals surface area contributed by atoms with Crippen LogP contribution in [0.1, 0.15) is 69.1 Å². The molecule has 7 heteroatoms. The molecule has 1 aliphatic carbocycles. The summed E-state index contributed by atoms with van der Waals surface area (Å²) >= 11 is 0. The van der Waals surface area contributed by atoms with Crippen molar-refractivity contribution in [3.8, 4) is 0 Å². The van der Waals surface area contributed by atoms with E-state index in [-0.39, 0.29) is 24.8 Å². The summed E-state index contributed by atoms with van der Waals surface area (Å²) in [6.45, 7) is 2.01. The zero-order chi connectivity index (χ0) is 14.8. The first kappa shape index (κ1) is 15.3. The molecule has 114 valence electrons. The van der Waals surface area contributed by atoms with E-state index >= 15 is 0 Å². The second kappa shape index (κ2) is 6.11. The molecule has 0 radical (unpaired) electrons. The fourth-order valence-electron chi connectivity index (χ4n) is 2.67. The summed E-state index contributed by atoms with van der Waals surface area (Å²) in [6, 6.07) is -0.260. The van der Waals surface area contributed by atoms with E-state index in [9.17, 15) is 13.2 Å². The maximum atomic E-state index is 12.6. The van der Waals surface area contributed by atoms with Crippen molar-refractivity contribution in [2.24, 2.45) is 11.7 Å². The summed E-state index contributed by atoms with van der Waals surface area (Å²) < 4.78 is 43.0. The molecule has 1 fully saturated rings. The molecule has 2 N–H and O–H groups in total. The van der Waals surface area contributed by atoms with Gasteiger partial charge in [-0.05, 0) is 32.1 Å². The van der Waals surface area contributed by atoms with E-state index in [2.05, 4.69) is 10.1 Å². The minimum atomic E-state index is -4.09. The van der Waals surface area contributed by atoms with Crippen molar-refractivity contribution in [1.82, 2.24) is 10.1 Å². The molecule has 0 amide bonds. The molecule has 4 nitrogen and oxygen atoms in total. The SMILES string of the molecule is CCCC(N)c1noc(C2CCC(C(F)(F)F)CC2)n1. The summed E-state index contributed by atoms with van der Waals surface area (Å²) in [5.74, 6) is -0.362. The predicted octanol–water partition coefficient (Wildman–Crippen LogP) is 3.71. The number of hydrogen-bond acceptors (Lipinski definition) is 4. The van der Waals surface area contributed by atoms with E-state index in [4.69, 9.17) is 10.3 Å². The van der Waals surface area contributed by atoms with Crippen LogP contribution in [0.4, 0.5) is 13.2 Å². The van der Waals surface area contributed by atoms with Gasteiger partial charge in [0.05, 0.1) is 12.0 Å². The van der Waals surface area contributed by atoms with Crippen LogP contribution in [0.2, 0.25) is 0 Å². The van der Waals surface area contributed by atoms with Crippen molar-refractivity contribution in [2.75, 3.05) is 0 Å². The highest BCUT2D eigenvalue weighted by atomic mass is 19.4. The van der Waals surface area contributed by atoms with Crippen LogP contribution in [-0.4, -0.2) is 16.3 Å². The first-order chi connectivity index (χ1) is 9.41. The van der Waals surface area contributed by atoms with Crippen LogP contribution in [0.15, 0.2) is 4.52 Å². The standard InChI is InChI=1S/C13H20F3N3O/c1-2-3-10(17)11-18-12(20-19-11)8-4-6-9(7-5-8)13(14,15)16/h8-10H,2-7,17H2,1H3. The quantitative estimate of drug-likeness (QED) is 0.918. The van der Waals surface area contributed by atoms with E-state index in [1.165, 1.54) is 0 Å². The molecule has 1 aliphatic rings. The maximum absolute atomic E-state index is 12.6. The molecule has 20 heavy (non-hydrogen) atoms. The molecule has 1 aromatic heterocycles. The van der Waals surface area contributed by atoms with Gasteiger partial charge in [0.1, 0.15) is 0 Å². The lowest BCUT2D eigenvalue weighted by Gasteiger charge is -2.27. The number of nitrogens with two attached hydrogens (primary N) is 1. The monoisotopic (exact) mass is 291 g/mol. The smallest absolute Gasteiger partial charge is 0.339 e. The zero-order valence-electron chi connectivity index (χ0n) is 11.5. The molecule has 2 rings (SSSR count). The third kappa shape index (κ3) is 3.50. The van der Waals surface area contributed by atoms with E-state index in [1.54, 1.807) is 0 Å². The Morgan fingerprint density at radius 3 is 2.50 bits per heavy atom. The fraction of sp³-hybridized carbons (Fsp3) is 0.846. The summed E-state index contributed by atoms with van der Waals surface area (Å²) in [5.41, 5.74) is 5.89. The summed E-state index contributed by atoms with van der Waals surface area (Å²) in [7, 11) is 0. The highest BCUT2D eigenvalue weighted by Crippen LogP contribution is 2.42. The third-order valence-corrected chi connectivity index (χ3v) is 3.93. The predicted molar refractivity (Wildman–Crippen MR) is 66.9 cm³/mol. The van der Waals surface area contributed by atoms with Crippen LogP contribution in [0, 0.1) is 5.92 Å². The first-order valence-corrected chi connectivity index (χ1v) is 7.07. The number of alkyl halides is 3. The fourth-order valence-corrected chi connectivity index (χ4v) is 2.67. The highest BCUT2D eigenvalue weighted by molar-refractivity contribution is 4.99. The van der Waals surface area contributed by atoms with Gasteiger partial charge in [-0.25, -0.2) is 0 Å². The number of aromatic nitrogens is 2. The lowest BCUT2D eigenvalue weighted by Crippen LogP contribution is -2.27. The zero-order valence-corrected chi connectivity index (χ0v) is 11.5. The Morgan fingerprint density at radius 1 is 1.30 bits per heavy atom.